The van der Waals surface area contributed by atoms with E-state index in [1.165, 1.54) is 5.56 Å². The average molecular weight is 332 g/mol. The van der Waals surface area contributed by atoms with E-state index in [1.807, 2.05) is 11.0 Å². The Morgan fingerprint density at radius 2 is 2.00 bits per heavy atom. The van der Waals surface area contributed by atoms with E-state index in [0.717, 1.165) is 37.0 Å². The van der Waals surface area contributed by atoms with Gasteiger partial charge in [0.05, 0.1) is 7.11 Å². The predicted molar refractivity (Wildman–Crippen MR) is 94.1 cm³/mol. The SMILES string of the molecule is CCc1ccc(OC)c(CCNC(=O)C2CCN(C(C)=O)CC2)c1. The smallest absolute Gasteiger partial charge is 0.223 e. The van der Waals surface area contributed by atoms with Crippen LogP contribution in [0, 0.1) is 5.92 Å². The van der Waals surface area contributed by atoms with Gasteiger partial charge in [0.1, 0.15) is 5.75 Å². The molecule has 0 saturated carbocycles. The van der Waals surface area contributed by atoms with Crippen LogP contribution in [0.15, 0.2) is 18.2 Å². The molecular weight excluding hydrogens is 304 g/mol. The van der Waals surface area contributed by atoms with Crippen LogP contribution in [0.4, 0.5) is 0 Å². The second-order valence-corrected chi connectivity index (χ2v) is 6.32. The van der Waals surface area contributed by atoms with Crippen molar-refractivity contribution in [2.75, 3.05) is 26.7 Å². The lowest BCUT2D eigenvalue weighted by molar-refractivity contribution is -0.133. The predicted octanol–water partition coefficient (Wildman–Crippen LogP) is 2.17. The lowest BCUT2D eigenvalue weighted by Gasteiger charge is -2.30. The van der Waals surface area contributed by atoms with Gasteiger partial charge in [-0.3, -0.25) is 9.59 Å². The number of methoxy groups -OCH3 is 1. The lowest BCUT2D eigenvalue weighted by atomic mass is 9.96. The molecule has 5 nitrogen and oxygen atoms in total. The number of aryl methyl sites for hydroxylation is 1. The Bertz CT molecular complexity index is 578. The number of ether oxygens (including phenoxy) is 1. The zero-order chi connectivity index (χ0) is 17.5. The Labute approximate surface area is 144 Å². The molecule has 2 amide bonds. The molecule has 1 heterocycles. The second kappa shape index (κ2) is 8.71. The minimum atomic E-state index is 0.0180. The highest BCUT2D eigenvalue weighted by Crippen LogP contribution is 2.21. The first-order valence-corrected chi connectivity index (χ1v) is 8.74. The van der Waals surface area contributed by atoms with Crippen LogP contribution in [0.2, 0.25) is 0 Å². The Kier molecular flexibility index (Phi) is 6.64. The molecule has 0 atom stereocenters. The van der Waals surface area contributed by atoms with E-state index >= 15 is 0 Å². The second-order valence-electron chi connectivity index (χ2n) is 6.32. The third kappa shape index (κ3) is 4.73. The normalized spacial score (nSPS) is 15.2. The molecule has 1 saturated heterocycles. The maximum absolute atomic E-state index is 12.3. The minimum absolute atomic E-state index is 0.0180. The Hall–Kier alpha value is -2.04. The fourth-order valence-corrected chi connectivity index (χ4v) is 3.17. The van der Waals surface area contributed by atoms with Crippen molar-refractivity contribution in [2.24, 2.45) is 5.92 Å². The van der Waals surface area contributed by atoms with Gasteiger partial charge in [-0.1, -0.05) is 19.1 Å². The van der Waals surface area contributed by atoms with E-state index in [4.69, 9.17) is 4.74 Å². The molecule has 0 aliphatic carbocycles. The summed E-state index contributed by atoms with van der Waals surface area (Å²) >= 11 is 0. The van der Waals surface area contributed by atoms with E-state index < -0.39 is 0 Å². The van der Waals surface area contributed by atoms with Crippen molar-refractivity contribution in [3.8, 4) is 5.75 Å². The Morgan fingerprint density at radius 3 is 2.58 bits per heavy atom. The van der Waals surface area contributed by atoms with Crippen molar-refractivity contribution in [3.63, 3.8) is 0 Å². The molecule has 0 bridgehead atoms. The molecular formula is C19H28N2O3. The molecule has 1 aromatic rings. The molecule has 0 spiro atoms. The van der Waals surface area contributed by atoms with Crippen LogP contribution in [-0.2, 0) is 22.4 Å². The first kappa shape index (κ1) is 18.3. The highest BCUT2D eigenvalue weighted by atomic mass is 16.5. The van der Waals surface area contributed by atoms with Crippen LogP contribution < -0.4 is 10.1 Å². The van der Waals surface area contributed by atoms with E-state index in [0.29, 0.717) is 19.6 Å². The Balaban J connectivity index is 1.82. The van der Waals surface area contributed by atoms with E-state index in [1.54, 1.807) is 14.0 Å². The molecule has 0 unspecified atom stereocenters. The molecule has 1 aliphatic rings. The summed E-state index contributed by atoms with van der Waals surface area (Å²) in [5, 5.41) is 3.04. The van der Waals surface area contributed by atoms with Gasteiger partial charge in [-0.25, -0.2) is 0 Å². The number of piperidine rings is 1. The summed E-state index contributed by atoms with van der Waals surface area (Å²) in [6, 6.07) is 6.22. The van der Waals surface area contributed by atoms with Gasteiger partial charge >= 0.3 is 0 Å². The van der Waals surface area contributed by atoms with E-state index in [-0.39, 0.29) is 17.7 Å². The standard InChI is InChI=1S/C19H28N2O3/c1-4-15-5-6-18(24-3)17(13-15)7-10-20-19(23)16-8-11-21(12-9-16)14(2)22/h5-6,13,16H,4,7-12H2,1-3H3,(H,20,23). The number of nitrogens with zero attached hydrogens (tertiary/aromatic N) is 1. The number of hydrogen-bond donors (Lipinski definition) is 1. The lowest BCUT2D eigenvalue weighted by Crippen LogP contribution is -2.42. The van der Waals surface area contributed by atoms with Gasteiger partial charge in [0, 0.05) is 32.5 Å². The molecule has 1 aromatic carbocycles. The van der Waals surface area contributed by atoms with Gasteiger partial charge in [0.15, 0.2) is 0 Å². The summed E-state index contributed by atoms with van der Waals surface area (Å²) in [4.78, 5) is 25.4. The van der Waals surface area contributed by atoms with Crippen molar-refractivity contribution >= 4 is 11.8 Å². The summed E-state index contributed by atoms with van der Waals surface area (Å²) in [5.41, 5.74) is 2.40. The van der Waals surface area contributed by atoms with Crippen LogP contribution in [0.3, 0.4) is 0 Å². The number of hydrogen-bond acceptors (Lipinski definition) is 3. The first-order chi connectivity index (χ1) is 11.5. The number of carbonyl (C=O) groups excluding carboxylic acids is 2. The number of carbonyl (C=O) groups is 2. The van der Waals surface area contributed by atoms with Crippen molar-refractivity contribution in [3.05, 3.63) is 29.3 Å². The molecule has 0 aromatic heterocycles. The van der Waals surface area contributed by atoms with Gasteiger partial charge in [0.2, 0.25) is 11.8 Å². The molecule has 1 N–H and O–H groups in total. The molecule has 132 valence electrons. The van der Waals surface area contributed by atoms with Crippen molar-refractivity contribution < 1.29 is 14.3 Å². The van der Waals surface area contributed by atoms with Crippen LogP contribution in [0.25, 0.3) is 0 Å². The highest BCUT2D eigenvalue weighted by Gasteiger charge is 2.25. The van der Waals surface area contributed by atoms with Gasteiger partial charge in [-0.05, 0) is 42.9 Å². The van der Waals surface area contributed by atoms with Crippen molar-refractivity contribution in [1.29, 1.82) is 0 Å². The third-order valence-electron chi connectivity index (χ3n) is 4.76. The average Bonchev–Trinajstić information content (AvgIpc) is 2.61. The van der Waals surface area contributed by atoms with E-state index in [2.05, 4.69) is 24.4 Å². The van der Waals surface area contributed by atoms with Crippen LogP contribution >= 0.6 is 0 Å². The highest BCUT2D eigenvalue weighted by molar-refractivity contribution is 5.79. The largest absolute Gasteiger partial charge is 0.496 e. The summed E-state index contributed by atoms with van der Waals surface area (Å²) in [7, 11) is 1.67. The quantitative estimate of drug-likeness (QED) is 0.868. The third-order valence-corrected chi connectivity index (χ3v) is 4.76. The maximum atomic E-state index is 12.3. The molecule has 0 radical (unpaired) electrons. The molecule has 1 fully saturated rings. The van der Waals surface area contributed by atoms with Crippen LogP contribution in [-0.4, -0.2) is 43.5 Å². The monoisotopic (exact) mass is 332 g/mol. The topological polar surface area (TPSA) is 58.6 Å². The first-order valence-electron chi connectivity index (χ1n) is 8.74. The fourth-order valence-electron chi connectivity index (χ4n) is 3.17. The van der Waals surface area contributed by atoms with Gasteiger partial charge in [-0.2, -0.15) is 0 Å². The summed E-state index contributed by atoms with van der Waals surface area (Å²) in [6.07, 6.45) is 3.24. The molecule has 2 rings (SSSR count). The molecule has 5 heteroatoms. The summed E-state index contributed by atoms with van der Waals surface area (Å²) in [5.74, 6) is 1.08. The summed E-state index contributed by atoms with van der Waals surface area (Å²) in [6.45, 7) is 5.67. The van der Waals surface area contributed by atoms with Gasteiger partial charge in [-0.15, -0.1) is 0 Å². The van der Waals surface area contributed by atoms with Gasteiger partial charge in [0.25, 0.3) is 0 Å². The van der Waals surface area contributed by atoms with Crippen molar-refractivity contribution in [2.45, 2.75) is 39.5 Å². The number of amides is 2. The zero-order valence-corrected chi connectivity index (χ0v) is 14.9. The van der Waals surface area contributed by atoms with Crippen LogP contribution in [0.5, 0.6) is 5.75 Å². The molecule has 1 aliphatic heterocycles. The number of rotatable bonds is 6. The zero-order valence-electron chi connectivity index (χ0n) is 14.9. The maximum Gasteiger partial charge on any atom is 0.223 e. The minimum Gasteiger partial charge on any atom is -0.496 e. The van der Waals surface area contributed by atoms with Gasteiger partial charge < -0.3 is 15.0 Å². The van der Waals surface area contributed by atoms with E-state index in [9.17, 15) is 9.59 Å². The molecule has 24 heavy (non-hydrogen) atoms. The summed E-state index contributed by atoms with van der Waals surface area (Å²) < 4.78 is 5.40. The van der Waals surface area contributed by atoms with Crippen molar-refractivity contribution in [1.82, 2.24) is 10.2 Å². The Morgan fingerprint density at radius 1 is 1.29 bits per heavy atom. The fraction of sp³-hybridized carbons (Fsp3) is 0.579. The number of likely N-dealkylation sites (tertiary alicyclic amines) is 1. The van der Waals surface area contributed by atoms with Crippen LogP contribution in [0.1, 0.15) is 37.8 Å². The number of nitrogens with one attached hydrogen (secondary N) is 1. The number of benzene rings is 1.